The molecule has 0 saturated heterocycles. The van der Waals surface area contributed by atoms with Crippen molar-refractivity contribution in [3.8, 4) is 0 Å². The fourth-order valence-corrected chi connectivity index (χ4v) is 3.53. The summed E-state index contributed by atoms with van der Waals surface area (Å²) >= 11 is 0. The highest BCUT2D eigenvalue weighted by Gasteiger charge is 2.17. The van der Waals surface area contributed by atoms with Crippen molar-refractivity contribution >= 4 is 21.4 Å². The summed E-state index contributed by atoms with van der Waals surface area (Å²) < 4.78 is 25.0. The molecule has 0 aliphatic heterocycles. The molecule has 3 aromatic carbocycles. The molecule has 1 amide bonds. The lowest BCUT2D eigenvalue weighted by atomic mass is 10.2. The highest BCUT2D eigenvalue weighted by atomic mass is 32.2. The van der Waals surface area contributed by atoms with Gasteiger partial charge in [-0.3, -0.25) is 4.79 Å². The Bertz CT molecular complexity index is 935. The third-order valence-corrected chi connectivity index (χ3v) is 5.30. The molecule has 0 aromatic heterocycles. The number of hydrogen-bond acceptors (Lipinski definition) is 3. The van der Waals surface area contributed by atoms with E-state index in [9.17, 15) is 13.2 Å². The lowest BCUT2D eigenvalue weighted by Gasteiger charge is -2.07. The minimum atomic E-state index is -3.57. The molecule has 24 heavy (non-hydrogen) atoms. The van der Waals surface area contributed by atoms with Gasteiger partial charge in [-0.2, -0.15) is 0 Å². The lowest BCUT2D eigenvalue weighted by Crippen LogP contribution is -2.12. The molecule has 0 aliphatic rings. The van der Waals surface area contributed by atoms with Crippen molar-refractivity contribution < 1.29 is 13.2 Å². The monoisotopic (exact) mass is 337 g/mol. The van der Waals surface area contributed by atoms with E-state index in [0.29, 0.717) is 11.3 Å². The zero-order chi connectivity index (χ0) is 17.0. The van der Waals surface area contributed by atoms with Crippen LogP contribution in [0.5, 0.6) is 0 Å². The second-order valence-corrected chi connectivity index (χ2v) is 7.11. The van der Waals surface area contributed by atoms with Gasteiger partial charge in [-0.1, -0.05) is 36.4 Å². The molecule has 0 heterocycles. The first-order chi connectivity index (χ1) is 11.6. The van der Waals surface area contributed by atoms with Crippen molar-refractivity contribution in [1.82, 2.24) is 0 Å². The Hall–Kier alpha value is -2.92. The van der Waals surface area contributed by atoms with Crippen molar-refractivity contribution in [3.63, 3.8) is 0 Å². The molecule has 0 bridgehead atoms. The van der Waals surface area contributed by atoms with Gasteiger partial charge >= 0.3 is 0 Å². The van der Waals surface area contributed by atoms with E-state index in [2.05, 4.69) is 5.32 Å². The fourth-order valence-electron chi connectivity index (χ4n) is 2.25. The van der Waals surface area contributed by atoms with E-state index in [4.69, 9.17) is 0 Å². The molecule has 0 unspecified atom stereocenters. The van der Waals surface area contributed by atoms with Gasteiger partial charge in [0.05, 0.1) is 9.79 Å². The van der Waals surface area contributed by atoms with Crippen molar-refractivity contribution in [2.75, 3.05) is 5.32 Å². The maximum atomic E-state index is 12.5. The van der Waals surface area contributed by atoms with Gasteiger partial charge in [0.2, 0.25) is 9.84 Å². The molecular formula is C19H15NO3S. The predicted octanol–water partition coefficient (Wildman–Crippen LogP) is 3.77. The highest BCUT2D eigenvalue weighted by molar-refractivity contribution is 7.91. The van der Waals surface area contributed by atoms with E-state index in [1.165, 1.54) is 24.3 Å². The molecule has 3 rings (SSSR count). The Morgan fingerprint density at radius 2 is 1.17 bits per heavy atom. The third-order valence-electron chi connectivity index (χ3n) is 3.51. The van der Waals surface area contributed by atoms with E-state index >= 15 is 0 Å². The first kappa shape index (κ1) is 16.0. The number of carbonyl (C=O) groups excluding carboxylic acids is 1. The van der Waals surface area contributed by atoms with Gasteiger partial charge in [-0.05, 0) is 48.5 Å². The Kier molecular flexibility index (Phi) is 4.44. The van der Waals surface area contributed by atoms with E-state index in [-0.39, 0.29) is 15.7 Å². The number of para-hydroxylation sites is 1. The van der Waals surface area contributed by atoms with Gasteiger partial charge in [0.15, 0.2) is 0 Å². The number of anilines is 1. The second kappa shape index (κ2) is 6.68. The molecule has 0 spiro atoms. The minimum absolute atomic E-state index is 0.157. The van der Waals surface area contributed by atoms with Crippen LogP contribution in [-0.2, 0) is 9.84 Å². The molecule has 0 saturated carbocycles. The molecular weight excluding hydrogens is 322 g/mol. The van der Waals surface area contributed by atoms with Gasteiger partial charge in [-0.25, -0.2) is 8.42 Å². The molecule has 3 aromatic rings. The number of sulfone groups is 1. The van der Waals surface area contributed by atoms with Gasteiger partial charge < -0.3 is 5.32 Å². The number of amides is 1. The first-order valence-corrected chi connectivity index (χ1v) is 8.82. The number of rotatable bonds is 4. The standard InChI is InChI=1S/C19H15NO3S/c21-19(20-16-7-3-1-4-8-16)15-11-13-18(14-12-15)24(22,23)17-9-5-2-6-10-17/h1-14H,(H,20,21). The van der Waals surface area contributed by atoms with Crippen molar-refractivity contribution in [2.24, 2.45) is 0 Å². The summed E-state index contributed by atoms with van der Waals surface area (Å²) in [7, 11) is -3.57. The Morgan fingerprint density at radius 1 is 0.667 bits per heavy atom. The molecule has 4 nitrogen and oxygen atoms in total. The van der Waals surface area contributed by atoms with Crippen molar-refractivity contribution in [1.29, 1.82) is 0 Å². The second-order valence-electron chi connectivity index (χ2n) is 5.16. The van der Waals surface area contributed by atoms with Crippen LogP contribution in [-0.4, -0.2) is 14.3 Å². The van der Waals surface area contributed by atoms with Gasteiger partial charge in [0.25, 0.3) is 5.91 Å². The summed E-state index contributed by atoms with van der Waals surface area (Å²) in [6, 6.07) is 23.2. The van der Waals surface area contributed by atoms with E-state index in [1.54, 1.807) is 42.5 Å². The molecule has 120 valence electrons. The fraction of sp³-hybridized carbons (Fsp3) is 0. The van der Waals surface area contributed by atoms with Crippen molar-refractivity contribution in [2.45, 2.75) is 9.79 Å². The van der Waals surface area contributed by atoms with Crippen molar-refractivity contribution in [3.05, 3.63) is 90.5 Å². The predicted molar refractivity (Wildman–Crippen MR) is 92.7 cm³/mol. The maximum absolute atomic E-state index is 12.5. The van der Waals surface area contributed by atoms with Gasteiger partial charge in [0.1, 0.15) is 0 Å². The van der Waals surface area contributed by atoms with Crippen LogP contribution in [0.3, 0.4) is 0 Å². The summed E-state index contributed by atoms with van der Waals surface area (Å²) in [5.74, 6) is -0.287. The maximum Gasteiger partial charge on any atom is 0.255 e. The number of hydrogen-bond donors (Lipinski definition) is 1. The zero-order valence-electron chi connectivity index (χ0n) is 12.7. The molecule has 5 heteroatoms. The molecule has 0 atom stereocenters. The number of benzene rings is 3. The molecule has 0 radical (unpaired) electrons. The van der Waals surface area contributed by atoms with Crippen LogP contribution in [0, 0.1) is 0 Å². The van der Waals surface area contributed by atoms with Gasteiger partial charge in [-0.15, -0.1) is 0 Å². The Labute approximate surface area is 140 Å². The number of carbonyl (C=O) groups is 1. The molecule has 0 fully saturated rings. The molecule has 0 aliphatic carbocycles. The summed E-state index contributed by atoms with van der Waals surface area (Å²) in [6.07, 6.45) is 0. The first-order valence-electron chi connectivity index (χ1n) is 7.34. The van der Waals surface area contributed by atoms with Crippen LogP contribution in [0.25, 0.3) is 0 Å². The van der Waals surface area contributed by atoms with Crippen LogP contribution >= 0.6 is 0 Å². The van der Waals surface area contributed by atoms with Crippen LogP contribution in [0.2, 0.25) is 0 Å². The zero-order valence-corrected chi connectivity index (χ0v) is 13.5. The van der Waals surface area contributed by atoms with Crippen LogP contribution < -0.4 is 5.32 Å². The van der Waals surface area contributed by atoms with E-state index in [0.717, 1.165) is 0 Å². The normalized spacial score (nSPS) is 11.0. The molecule has 1 N–H and O–H groups in total. The smallest absolute Gasteiger partial charge is 0.255 e. The number of nitrogens with one attached hydrogen (secondary N) is 1. The summed E-state index contributed by atoms with van der Waals surface area (Å²) in [5, 5.41) is 2.76. The van der Waals surface area contributed by atoms with Gasteiger partial charge in [0, 0.05) is 11.3 Å². The van der Waals surface area contributed by atoms with E-state index < -0.39 is 9.84 Å². The summed E-state index contributed by atoms with van der Waals surface area (Å²) in [5.41, 5.74) is 1.08. The Morgan fingerprint density at radius 3 is 1.75 bits per heavy atom. The quantitative estimate of drug-likeness (QED) is 0.788. The summed E-state index contributed by atoms with van der Waals surface area (Å²) in [6.45, 7) is 0. The van der Waals surface area contributed by atoms with Crippen LogP contribution in [0.4, 0.5) is 5.69 Å². The van der Waals surface area contributed by atoms with E-state index in [1.807, 2.05) is 18.2 Å². The largest absolute Gasteiger partial charge is 0.322 e. The average molecular weight is 337 g/mol. The lowest BCUT2D eigenvalue weighted by molar-refractivity contribution is 0.102. The summed E-state index contributed by atoms with van der Waals surface area (Å²) in [4.78, 5) is 12.6. The topological polar surface area (TPSA) is 63.2 Å². The van der Waals surface area contributed by atoms with Crippen LogP contribution in [0.1, 0.15) is 10.4 Å². The third kappa shape index (κ3) is 3.36. The SMILES string of the molecule is O=C(Nc1ccccc1)c1ccc(S(=O)(=O)c2ccccc2)cc1. The highest BCUT2D eigenvalue weighted by Crippen LogP contribution is 2.21. The van der Waals surface area contributed by atoms with Crippen LogP contribution in [0.15, 0.2) is 94.7 Å². The Balaban J connectivity index is 1.82. The minimum Gasteiger partial charge on any atom is -0.322 e. The average Bonchev–Trinajstić information content (AvgIpc) is 2.63.